The van der Waals surface area contributed by atoms with E-state index in [1.807, 2.05) is 22.6 Å². The highest BCUT2D eigenvalue weighted by molar-refractivity contribution is 14.1. The van der Waals surface area contributed by atoms with Crippen molar-refractivity contribution < 1.29 is 24.1 Å². The predicted octanol–water partition coefficient (Wildman–Crippen LogP) is 4.65. The van der Waals surface area contributed by atoms with Gasteiger partial charge in [-0.2, -0.15) is 0 Å². The number of aromatic nitrogens is 1. The van der Waals surface area contributed by atoms with Crippen LogP contribution in [0.4, 0.5) is 0 Å². The summed E-state index contributed by atoms with van der Waals surface area (Å²) in [6, 6.07) is 6.16. The van der Waals surface area contributed by atoms with Crippen molar-refractivity contribution in [3.63, 3.8) is 0 Å². The summed E-state index contributed by atoms with van der Waals surface area (Å²) in [5.41, 5.74) is 1.74. The van der Waals surface area contributed by atoms with E-state index >= 15 is 0 Å². The van der Waals surface area contributed by atoms with Gasteiger partial charge in [0.1, 0.15) is 5.75 Å². The van der Waals surface area contributed by atoms with E-state index in [0.29, 0.717) is 44.6 Å². The maximum atomic E-state index is 13.8. The van der Waals surface area contributed by atoms with Crippen molar-refractivity contribution >= 4 is 77.8 Å². The highest BCUT2D eigenvalue weighted by Gasteiger charge is 2.35. The molecule has 1 aromatic heterocycles. The van der Waals surface area contributed by atoms with E-state index in [1.54, 1.807) is 44.2 Å². The standard InChI is InChI=1S/C25H21Br2IN2O6S/c1-5-36-24(33)20-11(2)29-25-30(21(20)13-9-17(34-3)18(35-4)10-14(13)26)23(32)19(37-25)8-12-6-15(27)22(31)16(28)7-12/h6-10,21,31H,5H2,1-4H3/b19-8-/t21-/m1/s1. The Morgan fingerprint density at radius 3 is 2.49 bits per heavy atom. The van der Waals surface area contributed by atoms with Gasteiger partial charge in [-0.05, 0) is 93.8 Å². The Kier molecular flexibility index (Phi) is 8.51. The lowest BCUT2D eigenvalue weighted by atomic mass is 9.95. The third kappa shape index (κ3) is 5.25. The van der Waals surface area contributed by atoms with Gasteiger partial charge in [0.2, 0.25) is 0 Å². The van der Waals surface area contributed by atoms with Crippen LogP contribution in [0.3, 0.4) is 0 Å². The molecule has 0 unspecified atom stereocenters. The summed E-state index contributed by atoms with van der Waals surface area (Å²) >= 11 is 10.2. The Labute approximate surface area is 246 Å². The lowest BCUT2D eigenvalue weighted by molar-refractivity contribution is -0.139. The highest BCUT2D eigenvalue weighted by Crippen LogP contribution is 2.40. The molecule has 12 heteroatoms. The Morgan fingerprint density at radius 2 is 1.86 bits per heavy atom. The fourth-order valence-electron chi connectivity index (χ4n) is 3.99. The average molecular weight is 764 g/mol. The molecule has 0 fully saturated rings. The SMILES string of the molecule is CCOC(=O)C1=C(C)N=c2s/c(=C\c3cc(Br)c(O)c(I)c3)c(=O)n2[C@@H]1c1cc(OC)c(OC)cc1Br. The summed E-state index contributed by atoms with van der Waals surface area (Å²) < 4.78 is 20.0. The molecule has 0 radical (unpaired) electrons. The molecule has 0 saturated heterocycles. The topological polar surface area (TPSA) is 99.4 Å². The number of thiazole rings is 1. The molecule has 1 aliphatic rings. The van der Waals surface area contributed by atoms with Crippen LogP contribution < -0.4 is 24.4 Å². The first-order chi connectivity index (χ1) is 17.6. The Balaban J connectivity index is 2.02. The van der Waals surface area contributed by atoms with Gasteiger partial charge in [-0.1, -0.05) is 27.3 Å². The minimum absolute atomic E-state index is 0.132. The minimum atomic E-state index is -0.821. The normalized spacial score (nSPS) is 15.3. The fraction of sp³-hybridized carbons (Fsp3) is 0.240. The third-order valence-corrected chi connectivity index (χ3v) is 8.75. The maximum absolute atomic E-state index is 13.8. The number of benzene rings is 2. The van der Waals surface area contributed by atoms with Gasteiger partial charge in [0.25, 0.3) is 5.56 Å². The number of halogens is 3. The molecule has 0 bridgehead atoms. The largest absolute Gasteiger partial charge is 0.506 e. The molecule has 1 atom stereocenters. The molecule has 1 N–H and O–H groups in total. The molecule has 3 aromatic rings. The van der Waals surface area contributed by atoms with Gasteiger partial charge in [0, 0.05) is 4.47 Å². The lowest BCUT2D eigenvalue weighted by Gasteiger charge is -2.26. The number of carbonyl (C=O) groups excluding carboxylic acids is 1. The number of aromatic hydroxyl groups is 1. The number of phenols is 1. The average Bonchev–Trinajstić information content (AvgIpc) is 3.15. The summed E-state index contributed by atoms with van der Waals surface area (Å²) in [4.78, 5) is 32.0. The zero-order valence-electron chi connectivity index (χ0n) is 20.1. The van der Waals surface area contributed by atoms with Gasteiger partial charge in [-0.25, -0.2) is 9.79 Å². The molecule has 2 heterocycles. The molecular formula is C25H21Br2IN2O6S. The molecule has 2 aromatic carbocycles. The molecule has 4 rings (SSSR count). The van der Waals surface area contributed by atoms with Crippen LogP contribution in [-0.4, -0.2) is 36.5 Å². The number of phenolic OH excluding ortho intramolecular Hbond substituents is 1. The number of methoxy groups -OCH3 is 2. The van der Waals surface area contributed by atoms with Crippen LogP contribution in [0.1, 0.15) is 31.0 Å². The Bertz CT molecular complexity index is 1610. The first kappa shape index (κ1) is 27.9. The number of ether oxygens (including phenoxy) is 3. The number of fused-ring (bicyclic) bond motifs is 1. The number of hydrogen-bond donors (Lipinski definition) is 1. The van der Waals surface area contributed by atoms with Crippen molar-refractivity contribution in [3.8, 4) is 17.2 Å². The smallest absolute Gasteiger partial charge is 0.338 e. The second-order valence-corrected chi connectivity index (χ2v) is 11.7. The Hall–Kier alpha value is -2.16. The number of carbonyl (C=O) groups is 1. The second-order valence-electron chi connectivity index (χ2n) is 7.86. The van der Waals surface area contributed by atoms with E-state index in [9.17, 15) is 14.7 Å². The molecule has 37 heavy (non-hydrogen) atoms. The van der Waals surface area contributed by atoms with E-state index in [-0.39, 0.29) is 23.5 Å². The van der Waals surface area contributed by atoms with Crippen LogP contribution in [-0.2, 0) is 9.53 Å². The molecule has 1 aliphatic heterocycles. The summed E-state index contributed by atoms with van der Waals surface area (Å²) in [6.07, 6.45) is 1.74. The summed E-state index contributed by atoms with van der Waals surface area (Å²) in [7, 11) is 3.05. The molecule has 194 valence electrons. The van der Waals surface area contributed by atoms with E-state index in [1.165, 1.54) is 30.1 Å². The van der Waals surface area contributed by atoms with Crippen LogP contribution in [0.25, 0.3) is 6.08 Å². The zero-order chi connectivity index (χ0) is 27.0. The molecular weight excluding hydrogens is 743 g/mol. The molecule has 8 nitrogen and oxygen atoms in total. The molecule has 0 aliphatic carbocycles. The van der Waals surface area contributed by atoms with Crippen LogP contribution >= 0.6 is 65.8 Å². The maximum Gasteiger partial charge on any atom is 0.338 e. The number of hydrogen-bond acceptors (Lipinski definition) is 8. The van der Waals surface area contributed by atoms with Crippen LogP contribution in [0.5, 0.6) is 17.2 Å². The first-order valence-corrected chi connectivity index (χ1v) is 14.4. The monoisotopic (exact) mass is 762 g/mol. The zero-order valence-corrected chi connectivity index (χ0v) is 26.2. The van der Waals surface area contributed by atoms with Gasteiger partial charge >= 0.3 is 5.97 Å². The van der Waals surface area contributed by atoms with E-state index in [2.05, 4.69) is 36.9 Å². The van der Waals surface area contributed by atoms with Crippen molar-refractivity contribution in [1.29, 1.82) is 0 Å². The van der Waals surface area contributed by atoms with Crippen molar-refractivity contribution in [2.45, 2.75) is 19.9 Å². The van der Waals surface area contributed by atoms with E-state index in [0.717, 1.165) is 5.56 Å². The molecule has 0 amide bonds. The van der Waals surface area contributed by atoms with E-state index in [4.69, 9.17) is 14.2 Å². The van der Waals surface area contributed by atoms with Crippen molar-refractivity contribution in [1.82, 2.24) is 4.57 Å². The fourth-order valence-corrected chi connectivity index (χ4v) is 7.07. The van der Waals surface area contributed by atoms with Gasteiger partial charge in [-0.15, -0.1) is 0 Å². The first-order valence-electron chi connectivity index (χ1n) is 10.9. The molecule has 0 spiro atoms. The summed E-state index contributed by atoms with van der Waals surface area (Å²) in [5, 5.41) is 10.1. The summed E-state index contributed by atoms with van der Waals surface area (Å²) in [6.45, 7) is 3.63. The van der Waals surface area contributed by atoms with Gasteiger partial charge in [-0.3, -0.25) is 9.36 Å². The molecule has 0 saturated carbocycles. The van der Waals surface area contributed by atoms with Crippen LogP contribution in [0, 0.1) is 3.57 Å². The second kappa shape index (κ2) is 11.3. The van der Waals surface area contributed by atoms with Gasteiger partial charge in [0.15, 0.2) is 16.3 Å². The van der Waals surface area contributed by atoms with Crippen molar-refractivity contribution in [3.05, 3.63) is 78.9 Å². The van der Waals surface area contributed by atoms with Crippen molar-refractivity contribution in [2.24, 2.45) is 4.99 Å². The quantitative estimate of drug-likeness (QED) is 0.290. The number of nitrogens with zero attached hydrogens (tertiary/aromatic N) is 2. The highest BCUT2D eigenvalue weighted by atomic mass is 127. The number of allylic oxidation sites excluding steroid dienone is 1. The van der Waals surface area contributed by atoms with Crippen LogP contribution in [0.15, 0.2) is 54.3 Å². The number of esters is 1. The lowest BCUT2D eigenvalue weighted by Crippen LogP contribution is -2.40. The number of rotatable bonds is 6. The minimum Gasteiger partial charge on any atom is -0.506 e. The van der Waals surface area contributed by atoms with Gasteiger partial charge < -0.3 is 19.3 Å². The Morgan fingerprint density at radius 1 is 1.19 bits per heavy atom. The predicted molar refractivity (Wildman–Crippen MR) is 156 cm³/mol. The van der Waals surface area contributed by atoms with E-state index < -0.39 is 12.0 Å². The third-order valence-electron chi connectivity index (χ3n) is 5.65. The van der Waals surface area contributed by atoms with Crippen molar-refractivity contribution in [2.75, 3.05) is 20.8 Å². The summed E-state index contributed by atoms with van der Waals surface area (Å²) in [5.74, 6) is 0.523. The van der Waals surface area contributed by atoms with Gasteiger partial charge in [0.05, 0.1) is 50.7 Å². The van der Waals surface area contributed by atoms with Crippen LogP contribution in [0.2, 0.25) is 0 Å².